The number of benzene rings is 4. The maximum atomic E-state index is 11.8. The monoisotopic (exact) mass is 516 g/mol. The van der Waals surface area contributed by atoms with Crippen molar-refractivity contribution in [1.82, 2.24) is 0 Å². The Morgan fingerprint density at radius 1 is 0.765 bits per heavy atom. The Morgan fingerprint density at radius 3 is 2.00 bits per heavy atom. The second-order valence-electron chi connectivity index (χ2n) is 7.03. The van der Waals surface area contributed by atoms with Crippen molar-refractivity contribution >= 4 is 53.2 Å². The van der Waals surface area contributed by atoms with Crippen LogP contribution in [0.5, 0.6) is 5.75 Å². The molecule has 0 aliphatic carbocycles. The average Bonchev–Trinajstić information content (AvgIpc) is 2.71. The second kappa shape index (κ2) is 10.7. The van der Waals surface area contributed by atoms with Gasteiger partial charge in [-0.15, -0.1) is 10.2 Å². The van der Waals surface area contributed by atoms with Gasteiger partial charge in [0, 0.05) is 16.2 Å². The Bertz CT molecular complexity index is 1660. The molecular formula is C21H14N2Na2O7S2. The van der Waals surface area contributed by atoms with Crippen LogP contribution in [-0.2, 0) is 20.2 Å². The molecule has 0 saturated carbocycles. The molecule has 1 N–H and O–H groups in total. The Kier molecular flexibility index (Phi) is 9.09. The Morgan fingerprint density at radius 2 is 1.38 bits per heavy atom. The molecule has 0 aromatic heterocycles. The molecule has 13 heteroatoms. The van der Waals surface area contributed by atoms with Crippen LogP contribution in [0.25, 0.3) is 21.5 Å². The summed E-state index contributed by atoms with van der Waals surface area (Å²) in [6.07, 6.45) is 0. The molecule has 0 aliphatic rings. The smallest absolute Gasteiger partial charge is 0.744 e. The van der Waals surface area contributed by atoms with Crippen molar-refractivity contribution < 1.29 is 90.2 Å². The van der Waals surface area contributed by atoms with Gasteiger partial charge in [0.2, 0.25) is 0 Å². The number of azo groups is 1. The number of phenolic OH excluding ortho intramolecular Hbond substituents is 1. The van der Waals surface area contributed by atoms with Crippen LogP contribution >= 0.6 is 0 Å². The fraction of sp³-hybridized carbons (Fsp3) is 0.0476. The van der Waals surface area contributed by atoms with Gasteiger partial charge in [-0.1, -0.05) is 36.4 Å². The van der Waals surface area contributed by atoms with E-state index < -0.39 is 35.8 Å². The molecule has 34 heavy (non-hydrogen) atoms. The topological polar surface area (TPSA) is 159 Å². The quantitative estimate of drug-likeness (QED) is 0.191. The molecule has 0 saturated heterocycles. The molecule has 0 heterocycles. The summed E-state index contributed by atoms with van der Waals surface area (Å²) < 4.78 is 70.2. The van der Waals surface area contributed by atoms with Crippen LogP contribution in [0.2, 0.25) is 0 Å². The van der Waals surface area contributed by atoms with Gasteiger partial charge >= 0.3 is 59.1 Å². The van der Waals surface area contributed by atoms with E-state index in [1.54, 1.807) is 25.1 Å². The molecule has 4 aromatic carbocycles. The molecule has 0 fully saturated rings. The number of fused-ring (bicyclic) bond motifs is 2. The number of aromatic hydroxyl groups is 1. The minimum absolute atomic E-state index is 0. The Hall–Kier alpha value is -1.38. The van der Waals surface area contributed by atoms with Crippen molar-refractivity contribution in [2.45, 2.75) is 16.7 Å². The molecular weight excluding hydrogens is 502 g/mol. The first kappa shape index (κ1) is 28.9. The van der Waals surface area contributed by atoms with Gasteiger partial charge < -0.3 is 14.2 Å². The van der Waals surface area contributed by atoms with Gasteiger partial charge in [0.1, 0.15) is 31.7 Å². The van der Waals surface area contributed by atoms with E-state index in [0.717, 1.165) is 6.07 Å². The zero-order chi connectivity index (χ0) is 23.3. The summed E-state index contributed by atoms with van der Waals surface area (Å²) in [6.45, 7) is 1.62. The molecule has 4 aromatic rings. The fourth-order valence-electron chi connectivity index (χ4n) is 3.50. The van der Waals surface area contributed by atoms with E-state index in [1.165, 1.54) is 36.4 Å². The van der Waals surface area contributed by atoms with Gasteiger partial charge in [-0.3, -0.25) is 0 Å². The van der Waals surface area contributed by atoms with E-state index in [2.05, 4.69) is 10.2 Å². The maximum Gasteiger partial charge on any atom is 1.00 e. The summed E-state index contributed by atoms with van der Waals surface area (Å²) in [5.74, 6) is -0.405. The molecule has 9 nitrogen and oxygen atoms in total. The largest absolute Gasteiger partial charge is 1.00 e. The van der Waals surface area contributed by atoms with Crippen LogP contribution in [0, 0.1) is 6.92 Å². The van der Waals surface area contributed by atoms with Crippen molar-refractivity contribution in [2.75, 3.05) is 0 Å². The third-order valence-electron chi connectivity index (χ3n) is 4.83. The van der Waals surface area contributed by atoms with E-state index in [0.29, 0.717) is 16.3 Å². The van der Waals surface area contributed by atoms with Gasteiger partial charge in [0.25, 0.3) is 0 Å². The second-order valence-corrected chi connectivity index (χ2v) is 9.73. The molecule has 0 amide bonds. The normalized spacial score (nSPS) is 12.0. The summed E-state index contributed by atoms with van der Waals surface area (Å²) in [5, 5.41) is 19.1. The number of phenols is 1. The summed E-state index contributed by atoms with van der Waals surface area (Å²) in [7, 11) is -9.63. The van der Waals surface area contributed by atoms with Crippen LogP contribution in [0.1, 0.15) is 5.56 Å². The van der Waals surface area contributed by atoms with Gasteiger partial charge in [-0.25, -0.2) is 16.8 Å². The maximum absolute atomic E-state index is 11.8. The zero-order valence-corrected chi connectivity index (χ0v) is 24.0. The van der Waals surface area contributed by atoms with Crippen molar-refractivity contribution in [3.05, 3.63) is 66.2 Å². The van der Waals surface area contributed by atoms with E-state index >= 15 is 0 Å². The predicted octanol–water partition coefficient (Wildman–Crippen LogP) is -1.76. The van der Waals surface area contributed by atoms with Crippen LogP contribution in [-0.4, -0.2) is 31.0 Å². The Labute approximate surface area is 240 Å². The number of rotatable bonds is 4. The average molecular weight is 516 g/mol. The SMILES string of the molecule is Cc1cc(S(=O)(=O)[O-])c2c(N=Nc3ccc(S(=O)(=O)[O-])c4ccccc34)c(O)ccc2c1.[Na+].[Na+]. The van der Waals surface area contributed by atoms with E-state index in [1.807, 2.05) is 0 Å². The van der Waals surface area contributed by atoms with Gasteiger partial charge in [-0.2, -0.15) is 0 Å². The number of nitrogens with zero attached hydrogens (tertiary/aromatic N) is 2. The van der Waals surface area contributed by atoms with Crippen molar-refractivity contribution in [3.63, 3.8) is 0 Å². The minimum Gasteiger partial charge on any atom is -0.744 e. The first-order valence-electron chi connectivity index (χ1n) is 9.08. The van der Waals surface area contributed by atoms with Gasteiger partial charge in [0.05, 0.1) is 15.5 Å². The minimum atomic E-state index is -4.89. The van der Waals surface area contributed by atoms with Crippen LogP contribution < -0.4 is 59.1 Å². The van der Waals surface area contributed by atoms with Gasteiger partial charge in [0.15, 0.2) is 0 Å². The molecule has 0 bridgehead atoms. The zero-order valence-electron chi connectivity index (χ0n) is 18.4. The summed E-state index contributed by atoms with van der Waals surface area (Å²) in [5.41, 5.74) is 0.463. The van der Waals surface area contributed by atoms with Crippen LogP contribution in [0.15, 0.2) is 80.7 Å². The third-order valence-corrected chi connectivity index (χ3v) is 6.59. The first-order valence-corrected chi connectivity index (χ1v) is 11.9. The molecule has 0 radical (unpaired) electrons. The molecule has 0 atom stereocenters. The van der Waals surface area contributed by atoms with E-state index in [-0.39, 0.29) is 81.3 Å². The van der Waals surface area contributed by atoms with E-state index in [4.69, 9.17) is 0 Å². The fourth-order valence-corrected chi connectivity index (χ4v) is 4.98. The first-order chi connectivity index (χ1) is 15.0. The number of aryl methyl sites for hydroxylation is 1. The molecule has 0 aliphatic heterocycles. The third kappa shape index (κ3) is 5.71. The van der Waals surface area contributed by atoms with Crippen molar-refractivity contribution in [2.24, 2.45) is 10.2 Å². The molecule has 4 rings (SSSR count). The van der Waals surface area contributed by atoms with Crippen LogP contribution in [0.3, 0.4) is 0 Å². The van der Waals surface area contributed by atoms with E-state index in [9.17, 15) is 31.0 Å². The molecule has 0 spiro atoms. The van der Waals surface area contributed by atoms with Crippen molar-refractivity contribution in [1.29, 1.82) is 0 Å². The summed E-state index contributed by atoms with van der Waals surface area (Å²) >= 11 is 0. The summed E-state index contributed by atoms with van der Waals surface area (Å²) in [4.78, 5) is -0.967. The molecule has 164 valence electrons. The number of hydrogen-bond donors (Lipinski definition) is 1. The standard InChI is InChI=1S/C21H16N2O7S2.2Na/c1-12-10-13-6-8-17(24)21(20(13)19(11-12)32(28,29)30)23-22-16-7-9-18(31(25,26)27)15-5-3-2-4-14(15)16;;/h2-11,24H,1H3,(H,25,26,27)(H,28,29,30);;/q;2*+1/p-2. The number of hydrogen-bond acceptors (Lipinski definition) is 9. The summed E-state index contributed by atoms with van der Waals surface area (Å²) in [6, 6.07) is 14.1. The van der Waals surface area contributed by atoms with Crippen LogP contribution in [0.4, 0.5) is 11.4 Å². The predicted molar refractivity (Wildman–Crippen MR) is 114 cm³/mol. The van der Waals surface area contributed by atoms with Gasteiger partial charge in [-0.05, 0) is 42.1 Å². The Balaban J connectivity index is 0.00000204. The van der Waals surface area contributed by atoms with Crippen molar-refractivity contribution in [3.8, 4) is 5.75 Å². The molecule has 0 unspecified atom stereocenters.